The van der Waals surface area contributed by atoms with E-state index in [1.807, 2.05) is 24.4 Å². The first-order valence-electron chi connectivity index (χ1n) is 6.56. The normalized spacial score (nSPS) is 12.1. The Morgan fingerprint density at radius 2 is 2.16 bits per heavy atom. The summed E-state index contributed by atoms with van der Waals surface area (Å²) in [4.78, 5) is 4.16. The van der Waals surface area contributed by atoms with Crippen LogP contribution in [0.4, 0.5) is 0 Å². The first-order valence-corrected chi connectivity index (χ1v) is 6.56. The number of pyridine rings is 1. The van der Waals surface area contributed by atoms with E-state index < -0.39 is 0 Å². The summed E-state index contributed by atoms with van der Waals surface area (Å²) in [5.41, 5.74) is 8.37. The summed E-state index contributed by atoms with van der Waals surface area (Å²) in [7, 11) is 1.69. The van der Waals surface area contributed by atoms with E-state index in [2.05, 4.69) is 23.2 Å². The van der Waals surface area contributed by atoms with E-state index in [-0.39, 0.29) is 0 Å². The number of hydrogen-bond acceptors (Lipinski definition) is 3. The largest absolute Gasteiger partial charge is 0.497 e. The van der Waals surface area contributed by atoms with Gasteiger partial charge in [-0.1, -0.05) is 18.2 Å². The lowest BCUT2D eigenvalue weighted by atomic mass is 9.93. The minimum atomic E-state index is 0.361. The first-order chi connectivity index (χ1) is 9.33. The predicted octanol–water partition coefficient (Wildman–Crippen LogP) is 2.77. The lowest BCUT2D eigenvalue weighted by Gasteiger charge is -2.14. The van der Waals surface area contributed by atoms with Crippen molar-refractivity contribution in [1.29, 1.82) is 0 Å². The Kier molecular flexibility index (Phi) is 4.93. The van der Waals surface area contributed by atoms with Gasteiger partial charge in [0.15, 0.2) is 0 Å². The van der Waals surface area contributed by atoms with Crippen molar-refractivity contribution in [1.82, 2.24) is 4.98 Å². The third-order valence-electron chi connectivity index (χ3n) is 3.36. The van der Waals surface area contributed by atoms with Crippen LogP contribution in [0.2, 0.25) is 0 Å². The molecule has 1 aromatic carbocycles. The van der Waals surface area contributed by atoms with Crippen LogP contribution in [0, 0.1) is 0 Å². The number of aromatic nitrogens is 1. The number of ether oxygens (including phenoxy) is 1. The Bertz CT molecular complexity index is 499. The van der Waals surface area contributed by atoms with Gasteiger partial charge in [0, 0.05) is 12.4 Å². The van der Waals surface area contributed by atoms with E-state index in [0.717, 1.165) is 18.6 Å². The van der Waals surface area contributed by atoms with Gasteiger partial charge in [-0.3, -0.25) is 4.98 Å². The highest BCUT2D eigenvalue weighted by Crippen LogP contribution is 2.21. The van der Waals surface area contributed by atoms with Crippen LogP contribution in [-0.4, -0.2) is 18.6 Å². The molecule has 19 heavy (non-hydrogen) atoms. The van der Waals surface area contributed by atoms with Crippen LogP contribution in [0.1, 0.15) is 23.5 Å². The van der Waals surface area contributed by atoms with Gasteiger partial charge < -0.3 is 10.5 Å². The van der Waals surface area contributed by atoms with Crippen LogP contribution in [0.5, 0.6) is 5.75 Å². The van der Waals surface area contributed by atoms with Gasteiger partial charge in [-0.05, 0) is 54.6 Å². The molecule has 0 aliphatic rings. The van der Waals surface area contributed by atoms with Gasteiger partial charge in [0.1, 0.15) is 5.75 Å². The van der Waals surface area contributed by atoms with Gasteiger partial charge in [-0.15, -0.1) is 0 Å². The molecule has 2 aromatic rings. The Morgan fingerprint density at radius 3 is 2.84 bits per heavy atom. The Labute approximate surface area is 114 Å². The zero-order chi connectivity index (χ0) is 13.5. The number of methoxy groups -OCH3 is 1. The molecular formula is C16H20N2O. The highest BCUT2D eigenvalue weighted by molar-refractivity contribution is 5.28. The zero-order valence-corrected chi connectivity index (χ0v) is 11.3. The second-order valence-corrected chi connectivity index (χ2v) is 4.61. The Balaban J connectivity index is 2.00. The van der Waals surface area contributed by atoms with Gasteiger partial charge in [-0.2, -0.15) is 0 Å². The van der Waals surface area contributed by atoms with Crippen LogP contribution in [0.3, 0.4) is 0 Å². The number of nitrogens with zero attached hydrogens (tertiary/aromatic N) is 1. The maximum atomic E-state index is 5.87. The molecule has 0 radical (unpaired) electrons. The van der Waals surface area contributed by atoms with Crippen LogP contribution >= 0.6 is 0 Å². The molecule has 0 bridgehead atoms. The smallest absolute Gasteiger partial charge is 0.119 e. The topological polar surface area (TPSA) is 48.1 Å². The van der Waals surface area contributed by atoms with Crippen molar-refractivity contribution in [2.24, 2.45) is 5.73 Å². The second kappa shape index (κ2) is 6.90. The number of hydrogen-bond donors (Lipinski definition) is 1. The zero-order valence-electron chi connectivity index (χ0n) is 11.3. The quantitative estimate of drug-likeness (QED) is 0.864. The SMILES string of the molecule is COc1cccc(CCC(CN)c2cccnc2)c1. The van der Waals surface area contributed by atoms with Crippen LogP contribution in [-0.2, 0) is 6.42 Å². The molecule has 1 unspecified atom stereocenters. The standard InChI is InChI=1S/C16H20N2O/c1-19-16-6-2-4-13(10-16)7-8-14(11-17)15-5-3-9-18-12-15/h2-6,9-10,12,14H,7-8,11,17H2,1H3. The molecular weight excluding hydrogens is 236 g/mol. The molecule has 2 N–H and O–H groups in total. The summed E-state index contributed by atoms with van der Waals surface area (Å²) in [6.07, 6.45) is 5.71. The summed E-state index contributed by atoms with van der Waals surface area (Å²) in [6.45, 7) is 0.648. The van der Waals surface area contributed by atoms with Crippen molar-refractivity contribution in [2.75, 3.05) is 13.7 Å². The van der Waals surface area contributed by atoms with Crippen LogP contribution in [0.15, 0.2) is 48.8 Å². The molecule has 1 atom stereocenters. The average Bonchev–Trinajstić information content (AvgIpc) is 2.49. The molecule has 0 aliphatic carbocycles. The van der Waals surface area contributed by atoms with Gasteiger partial charge in [0.2, 0.25) is 0 Å². The van der Waals surface area contributed by atoms with Gasteiger partial charge in [0.25, 0.3) is 0 Å². The third-order valence-corrected chi connectivity index (χ3v) is 3.36. The summed E-state index contributed by atoms with van der Waals surface area (Å²) in [5, 5.41) is 0. The van der Waals surface area contributed by atoms with Crippen molar-refractivity contribution in [3.05, 3.63) is 59.9 Å². The summed E-state index contributed by atoms with van der Waals surface area (Å²) < 4.78 is 5.24. The number of aryl methyl sites for hydroxylation is 1. The third kappa shape index (κ3) is 3.80. The highest BCUT2D eigenvalue weighted by Gasteiger charge is 2.10. The van der Waals surface area contributed by atoms with Crippen LogP contribution < -0.4 is 10.5 Å². The fourth-order valence-electron chi connectivity index (χ4n) is 2.21. The average molecular weight is 256 g/mol. The van der Waals surface area contributed by atoms with E-state index >= 15 is 0 Å². The maximum Gasteiger partial charge on any atom is 0.119 e. The Morgan fingerprint density at radius 1 is 1.26 bits per heavy atom. The molecule has 1 heterocycles. The number of benzene rings is 1. The molecule has 100 valence electrons. The summed E-state index contributed by atoms with van der Waals surface area (Å²) in [5.74, 6) is 1.27. The minimum absolute atomic E-state index is 0.361. The fraction of sp³-hybridized carbons (Fsp3) is 0.312. The van der Waals surface area contributed by atoms with Gasteiger partial charge >= 0.3 is 0 Å². The van der Waals surface area contributed by atoms with Gasteiger partial charge in [-0.25, -0.2) is 0 Å². The Hall–Kier alpha value is -1.87. The van der Waals surface area contributed by atoms with E-state index in [9.17, 15) is 0 Å². The van der Waals surface area contributed by atoms with Crippen LogP contribution in [0.25, 0.3) is 0 Å². The van der Waals surface area contributed by atoms with E-state index in [1.54, 1.807) is 13.3 Å². The predicted molar refractivity (Wildman–Crippen MR) is 77.3 cm³/mol. The van der Waals surface area contributed by atoms with Crippen molar-refractivity contribution >= 4 is 0 Å². The molecule has 2 rings (SSSR count). The van der Waals surface area contributed by atoms with Crippen molar-refractivity contribution < 1.29 is 4.74 Å². The summed E-state index contributed by atoms with van der Waals surface area (Å²) >= 11 is 0. The second-order valence-electron chi connectivity index (χ2n) is 4.61. The molecule has 0 amide bonds. The number of rotatable bonds is 6. The molecule has 3 nitrogen and oxygen atoms in total. The van der Waals surface area contributed by atoms with E-state index in [0.29, 0.717) is 12.5 Å². The van der Waals surface area contributed by atoms with Gasteiger partial charge in [0.05, 0.1) is 7.11 Å². The molecule has 3 heteroatoms. The lowest BCUT2D eigenvalue weighted by Crippen LogP contribution is -2.13. The molecule has 0 aliphatic heterocycles. The van der Waals surface area contributed by atoms with Crippen molar-refractivity contribution in [3.8, 4) is 5.75 Å². The van der Waals surface area contributed by atoms with Crippen molar-refractivity contribution in [2.45, 2.75) is 18.8 Å². The monoisotopic (exact) mass is 256 g/mol. The summed E-state index contributed by atoms with van der Waals surface area (Å²) in [6, 6.07) is 12.2. The van der Waals surface area contributed by atoms with E-state index in [1.165, 1.54) is 11.1 Å². The minimum Gasteiger partial charge on any atom is -0.497 e. The molecule has 0 saturated heterocycles. The molecule has 0 fully saturated rings. The van der Waals surface area contributed by atoms with E-state index in [4.69, 9.17) is 10.5 Å². The lowest BCUT2D eigenvalue weighted by molar-refractivity contribution is 0.414. The molecule has 0 saturated carbocycles. The van der Waals surface area contributed by atoms with Crippen molar-refractivity contribution in [3.63, 3.8) is 0 Å². The highest BCUT2D eigenvalue weighted by atomic mass is 16.5. The first kappa shape index (κ1) is 13.6. The fourth-order valence-corrected chi connectivity index (χ4v) is 2.21. The number of nitrogens with two attached hydrogens (primary N) is 1. The molecule has 1 aromatic heterocycles. The molecule has 0 spiro atoms. The maximum absolute atomic E-state index is 5.87.